The lowest BCUT2D eigenvalue weighted by Crippen LogP contribution is -2.33. The predicted octanol–water partition coefficient (Wildman–Crippen LogP) is 3.75. The number of rotatable bonds is 6. The van der Waals surface area contributed by atoms with Crippen molar-refractivity contribution in [2.75, 3.05) is 0 Å². The summed E-state index contributed by atoms with van der Waals surface area (Å²) >= 11 is 0. The number of nitrogens with one attached hydrogen (secondary N) is 2. The highest BCUT2D eigenvalue weighted by Gasteiger charge is 2.19. The molecule has 0 saturated carbocycles. The van der Waals surface area contributed by atoms with Crippen LogP contribution in [0.25, 0.3) is 0 Å². The van der Waals surface area contributed by atoms with Crippen molar-refractivity contribution >= 4 is 11.8 Å². The van der Waals surface area contributed by atoms with Crippen LogP contribution < -0.4 is 10.6 Å². The van der Waals surface area contributed by atoms with Gasteiger partial charge in [-0.1, -0.05) is 54.1 Å². The lowest BCUT2D eigenvalue weighted by molar-refractivity contribution is -0.123. The average molecular weight is 338 g/mol. The molecule has 0 aliphatic carbocycles. The van der Waals surface area contributed by atoms with Gasteiger partial charge in [-0.2, -0.15) is 0 Å². The lowest BCUT2D eigenvalue weighted by atomic mass is 10.00. The van der Waals surface area contributed by atoms with Gasteiger partial charge in [-0.3, -0.25) is 9.59 Å². The number of amides is 2. The van der Waals surface area contributed by atoms with Crippen molar-refractivity contribution in [1.82, 2.24) is 10.6 Å². The first-order valence-corrected chi connectivity index (χ1v) is 8.55. The third-order valence-electron chi connectivity index (χ3n) is 4.28. The van der Waals surface area contributed by atoms with E-state index in [4.69, 9.17) is 0 Å². The van der Waals surface area contributed by atoms with Crippen LogP contribution in [0.15, 0.2) is 48.5 Å². The highest BCUT2D eigenvalue weighted by molar-refractivity contribution is 5.79. The van der Waals surface area contributed by atoms with Crippen LogP contribution in [0.3, 0.4) is 0 Å². The summed E-state index contributed by atoms with van der Waals surface area (Å²) in [5.74, 6) is -0.236. The molecule has 25 heavy (non-hydrogen) atoms. The standard InChI is InChI=1S/C21H26N2O2/c1-14-9-11-18(12-10-14)20(23-17(4)24)13-21(25)22-16(3)19-8-6-5-7-15(19)2/h5-12,16,20H,13H2,1-4H3,(H,22,25)(H,23,24). The van der Waals surface area contributed by atoms with E-state index in [2.05, 4.69) is 10.6 Å². The zero-order valence-corrected chi connectivity index (χ0v) is 15.3. The van der Waals surface area contributed by atoms with Gasteiger partial charge in [-0.05, 0) is 37.5 Å². The smallest absolute Gasteiger partial charge is 0.222 e. The fourth-order valence-corrected chi connectivity index (χ4v) is 2.93. The van der Waals surface area contributed by atoms with Gasteiger partial charge >= 0.3 is 0 Å². The third kappa shape index (κ3) is 5.45. The summed E-state index contributed by atoms with van der Waals surface area (Å²) in [6, 6.07) is 15.5. The number of carbonyl (C=O) groups excluding carboxylic acids is 2. The van der Waals surface area contributed by atoms with E-state index in [9.17, 15) is 9.59 Å². The maximum absolute atomic E-state index is 12.5. The van der Waals surface area contributed by atoms with Crippen molar-refractivity contribution in [3.8, 4) is 0 Å². The largest absolute Gasteiger partial charge is 0.349 e. The molecule has 2 rings (SSSR count). The summed E-state index contributed by atoms with van der Waals surface area (Å²) in [5, 5.41) is 5.90. The van der Waals surface area contributed by atoms with Gasteiger partial charge < -0.3 is 10.6 Å². The summed E-state index contributed by atoms with van der Waals surface area (Å²) in [6.45, 7) is 7.48. The van der Waals surface area contributed by atoms with Gasteiger partial charge in [-0.25, -0.2) is 0 Å². The van der Waals surface area contributed by atoms with Crippen LogP contribution in [-0.4, -0.2) is 11.8 Å². The second kappa shape index (κ2) is 8.47. The first-order valence-electron chi connectivity index (χ1n) is 8.55. The van der Waals surface area contributed by atoms with Crippen LogP contribution in [0.5, 0.6) is 0 Å². The molecular formula is C21H26N2O2. The van der Waals surface area contributed by atoms with Crippen molar-refractivity contribution < 1.29 is 9.59 Å². The van der Waals surface area contributed by atoms with Crippen molar-refractivity contribution in [3.05, 3.63) is 70.8 Å². The van der Waals surface area contributed by atoms with Gasteiger partial charge in [0, 0.05) is 6.92 Å². The monoisotopic (exact) mass is 338 g/mol. The fourth-order valence-electron chi connectivity index (χ4n) is 2.93. The molecule has 0 bridgehead atoms. The first-order chi connectivity index (χ1) is 11.9. The van der Waals surface area contributed by atoms with E-state index >= 15 is 0 Å². The van der Waals surface area contributed by atoms with E-state index in [0.29, 0.717) is 0 Å². The SMILES string of the molecule is CC(=O)NC(CC(=O)NC(C)c1ccccc1C)c1ccc(C)cc1. The van der Waals surface area contributed by atoms with E-state index in [1.165, 1.54) is 6.92 Å². The van der Waals surface area contributed by atoms with E-state index in [-0.39, 0.29) is 30.3 Å². The van der Waals surface area contributed by atoms with Crippen LogP contribution >= 0.6 is 0 Å². The van der Waals surface area contributed by atoms with E-state index in [1.54, 1.807) is 0 Å². The van der Waals surface area contributed by atoms with Gasteiger partial charge in [0.15, 0.2) is 0 Å². The Morgan fingerprint density at radius 1 is 0.960 bits per heavy atom. The first kappa shape index (κ1) is 18.7. The molecule has 0 saturated heterocycles. The number of aryl methyl sites for hydroxylation is 2. The molecule has 0 aromatic heterocycles. The molecule has 0 spiro atoms. The molecule has 4 heteroatoms. The molecule has 2 unspecified atom stereocenters. The minimum Gasteiger partial charge on any atom is -0.349 e. The molecule has 2 N–H and O–H groups in total. The normalized spacial score (nSPS) is 13.0. The Labute approximate surface area is 149 Å². The zero-order valence-electron chi connectivity index (χ0n) is 15.3. The minimum atomic E-state index is -0.331. The Balaban J connectivity index is 2.07. The molecule has 132 valence electrons. The molecule has 2 amide bonds. The number of benzene rings is 2. The Morgan fingerprint density at radius 3 is 2.20 bits per heavy atom. The quantitative estimate of drug-likeness (QED) is 0.843. The molecule has 0 fully saturated rings. The maximum Gasteiger partial charge on any atom is 0.222 e. The summed E-state index contributed by atoms with van der Waals surface area (Å²) in [5.41, 5.74) is 4.32. The second-order valence-corrected chi connectivity index (χ2v) is 6.51. The van der Waals surface area contributed by atoms with E-state index < -0.39 is 0 Å². The minimum absolute atomic E-state index is 0.0790. The van der Waals surface area contributed by atoms with Crippen LogP contribution in [0.4, 0.5) is 0 Å². The average Bonchev–Trinajstić information content (AvgIpc) is 2.54. The molecule has 2 atom stereocenters. The topological polar surface area (TPSA) is 58.2 Å². The summed E-state index contributed by atoms with van der Waals surface area (Å²) in [4.78, 5) is 24.0. The number of hydrogen-bond donors (Lipinski definition) is 2. The molecule has 0 aliphatic rings. The second-order valence-electron chi connectivity index (χ2n) is 6.51. The van der Waals surface area contributed by atoms with Crippen LogP contribution in [0.1, 0.15) is 54.6 Å². The maximum atomic E-state index is 12.5. The Hall–Kier alpha value is -2.62. The molecule has 4 nitrogen and oxygen atoms in total. The predicted molar refractivity (Wildman–Crippen MR) is 100 cm³/mol. The van der Waals surface area contributed by atoms with E-state index in [0.717, 1.165) is 22.3 Å². The van der Waals surface area contributed by atoms with Crippen LogP contribution in [-0.2, 0) is 9.59 Å². The molecule has 0 aliphatic heterocycles. The van der Waals surface area contributed by atoms with Crippen molar-refractivity contribution in [1.29, 1.82) is 0 Å². The van der Waals surface area contributed by atoms with E-state index in [1.807, 2.05) is 69.3 Å². The summed E-state index contributed by atoms with van der Waals surface area (Å²) in [6.07, 6.45) is 0.207. The fraction of sp³-hybridized carbons (Fsp3) is 0.333. The molecule has 0 heterocycles. The van der Waals surface area contributed by atoms with Gasteiger partial charge in [0.25, 0.3) is 0 Å². The summed E-state index contributed by atoms with van der Waals surface area (Å²) < 4.78 is 0. The van der Waals surface area contributed by atoms with Crippen molar-refractivity contribution in [2.45, 2.75) is 46.2 Å². The van der Waals surface area contributed by atoms with Gasteiger partial charge in [0.05, 0.1) is 18.5 Å². The summed E-state index contributed by atoms with van der Waals surface area (Å²) in [7, 11) is 0. The molecule has 2 aromatic rings. The number of hydrogen-bond acceptors (Lipinski definition) is 2. The molecule has 2 aromatic carbocycles. The van der Waals surface area contributed by atoms with Gasteiger partial charge in [0.2, 0.25) is 11.8 Å². The van der Waals surface area contributed by atoms with Crippen molar-refractivity contribution in [2.24, 2.45) is 0 Å². The Kier molecular flexibility index (Phi) is 6.34. The lowest BCUT2D eigenvalue weighted by Gasteiger charge is -2.21. The van der Waals surface area contributed by atoms with Crippen LogP contribution in [0, 0.1) is 13.8 Å². The van der Waals surface area contributed by atoms with Crippen molar-refractivity contribution in [3.63, 3.8) is 0 Å². The Bertz CT molecular complexity index is 738. The number of carbonyl (C=O) groups is 2. The van der Waals surface area contributed by atoms with Gasteiger partial charge in [-0.15, -0.1) is 0 Å². The third-order valence-corrected chi connectivity index (χ3v) is 4.28. The highest BCUT2D eigenvalue weighted by atomic mass is 16.2. The molecule has 0 radical (unpaired) electrons. The highest BCUT2D eigenvalue weighted by Crippen LogP contribution is 2.20. The van der Waals surface area contributed by atoms with Gasteiger partial charge in [0.1, 0.15) is 0 Å². The molecular weight excluding hydrogens is 312 g/mol. The van der Waals surface area contributed by atoms with Crippen LogP contribution in [0.2, 0.25) is 0 Å². The Morgan fingerprint density at radius 2 is 1.60 bits per heavy atom. The zero-order chi connectivity index (χ0) is 18.4.